The van der Waals surface area contributed by atoms with Crippen molar-refractivity contribution in [3.63, 3.8) is 0 Å². The van der Waals surface area contributed by atoms with Gasteiger partial charge in [0.1, 0.15) is 0 Å². The van der Waals surface area contributed by atoms with E-state index in [9.17, 15) is 9.59 Å². The fraction of sp³-hybridized carbons (Fsp3) is 0.278. The summed E-state index contributed by atoms with van der Waals surface area (Å²) in [5.74, 6) is 0.0170. The van der Waals surface area contributed by atoms with E-state index >= 15 is 0 Å². The smallest absolute Gasteiger partial charge is 0.411 e. The van der Waals surface area contributed by atoms with Crippen LogP contribution in [-0.4, -0.2) is 36.8 Å². The lowest BCUT2D eigenvalue weighted by atomic mass is 10.0. The highest BCUT2D eigenvalue weighted by Crippen LogP contribution is 2.23. The van der Waals surface area contributed by atoms with E-state index in [2.05, 4.69) is 21.6 Å². The summed E-state index contributed by atoms with van der Waals surface area (Å²) in [5, 5.41) is 2.50. The van der Waals surface area contributed by atoms with Crippen LogP contribution < -0.4 is 5.32 Å². The molecule has 24 heavy (non-hydrogen) atoms. The van der Waals surface area contributed by atoms with Gasteiger partial charge in [-0.15, -0.1) is 0 Å². The lowest BCUT2D eigenvalue weighted by Gasteiger charge is -2.31. The molecule has 1 heterocycles. The highest BCUT2D eigenvalue weighted by molar-refractivity contribution is 6.07. The molecule has 0 atom stereocenters. The number of nitrogens with zero attached hydrogens (tertiary/aromatic N) is 2. The normalized spacial score (nSPS) is 17.9. The molecule has 2 amide bonds. The summed E-state index contributed by atoms with van der Waals surface area (Å²) >= 11 is 0. The molecular formula is C18H21N3O3. The second-order valence-corrected chi connectivity index (χ2v) is 5.31. The van der Waals surface area contributed by atoms with Crippen molar-refractivity contribution >= 4 is 17.7 Å². The zero-order valence-electron chi connectivity index (χ0n) is 13.9. The number of piperidine rings is 1. The third-order valence-electron chi connectivity index (χ3n) is 3.68. The Hall–Kier alpha value is -2.89. The van der Waals surface area contributed by atoms with E-state index in [0.717, 1.165) is 11.3 Å². The Bertz CT molecular complexity index is 693. The van der Waals surface area contributed by atoms with Gasteiger partial charge < -0.3 is 9.64 Å². The molecule has 126 valence electrons. The number of hydrogen-bond donors (Lipinski definition) is 1. The molecule has 0 aromatic heterocycles. The average molecular weight is 327 g/mol. The number of nitrogens with one attached hydrogen (secondary N) is 1. The van der Waals surface area contributed by atoms with Gasteiger partial charge in [-0.3, -0.25) is 15.1 Å². The second-order valence-electron chi connectivity index (χ2n) is 5.31. The van der Waals surface area contributed by atoms with Crippen LogP contribution in [-0.2, 0) is 16.1 Å². The van der Waals surface area contributed by atoms with Gasteiger partial charge in [0, 0.05) is 25.6 Å². The van der Waals surface area contributed by atoms with Crippen molar-refractivity contribution in [2.75, 3.05) is 14.2 Å². The first-order chi connectivity index (χ1) is 11.5. The van der Waals surface area contributed by atoms with Gasteiger partial charge in [0.05, 0.1) is 25.1 Å². The Morgan fingerprint density at radius 1 is 1.38 bits per heavy atom. The lowest BCUT2D eigenvalue weighted by Crippen LogP contribution is -2.38. The van der Waals surface area contributed by atoms with E-state index in [1.54, 1.807) is 18.0 Å². The van der Waals surface area contributed by atoms with Crippen LogP contribution in [0.2, 0.25) is 0 Å². The van der Waals surface area contributed by atoms with Gasteiger partial charge in [0.25, 0.3) is 0 Å². The van der Waals surface area contributed by atoms with E-state index in [0.29, 0.717) is 30.8 Å². The van der Waals surface area contributed by atoms with Crippen LogP contribution >= 0.6 is 0 Å². The van der Waals surface area contributed by atoms with Crippen molar-refractivity contribution in [3.8, 4) is 0 Å². The maximum atomic E-state index is 12.4. The van der Waals surface area contributed by atoms with Crippen LogP contribution in [0.4, 0.5) is 4.79 Å². The summed E-state index contributed by atoms with van der Waals surface area (Å²) in [6.07, 6.45) is 2.02. The number of hydrogen-bond acceptors (Lipinski definition) is 4. The standard InChI is InChI=1S/C18H21N3O3/c1-13(20-18(23)24-3)11-16-15(19-2)9-10-17(22)21(16)12-14-7-5-4-6-8-14/h4-8,11H,1,9-10,12H2,2-3H3,(H,20,23). The monoisotopic (exact) mass is 327 g/mol. The van der Waals surface area contributed by atoms with E-state index in [-0.39, 0.29) is 5.91 Å². The van der Waals surface area contributed by atoms with Crippen molar-refractivity contribution in [1.29, 1.82) is 0 Å². The summed E-state index contributed by atoms with van der Waals surface area (Å²) in [4.78, 5) is 29.7. The Morgan fingerprint density at radius 3 is 2.71 bits per heavy atom. The van der Waals surface area contributed by atoms with E-state index in [1.165, 1.54) is 7.11 Å². The number of methoxy groups -OCH3 is 1. The summed E-state index contributed by atoms with van der Waals surface area (Å²) in [6, 6.07) is 9.71. The molecule has 1 N–H and O–H groups in total. The predicted molar refractivity (Wildman–Crippen MR) is 92.3 cm³/mol. The molecule has 0 unspecified atom stereocenters. The zero-order chi connectivity index (χ0) is 17.5. The summed E-state index contributed by atoms with van der Waals surface area (Å²) in [5.41, 5.74) is 2.81. The number of aliphatic imine (C=N–C) groups is 1. The Balaban J connectivity index is 2.30. The Kier molecular flexibility index (Phi) is 5.89. The minimum atomic E-state index is -0.608. The number of rotatable bonds is 4. The van der Waals surface area contributed by atoms with Gasteiger partial charge in [0.15, 0.2) is 0 Å². The largest absolute Gasteiger partial charge is 0.453 e. The number of allylic oxidation sites excluding steroid dienone is 2. The molecule has 6 heteroatoms. The molecule has 1 fully saturated rings. The summed E-state index contributed by atoms with van der Waals surface area (Å²) < 4.78 is 4.56. The molecule has 2 rings (SSSR count). The molecule has 0 spiro atoms. The Labute approximate surface area is 141 Å². The fourth-order valence-corrected chi connectivity index (χ4v) is 2.49. The van der Waals surface area contributed by atoms with Crippen LogP contribution in [0.25, 0.3) is 0 Å². The summed E-state index contributed by atoms with van der Waals surface area (Å²) in [6.45, 7) is 4.23. The summed E-state index contributed by atoms with van der Waals surface area (Å²) in [7, 11) is 2.97. The molecular weight excluding hydrogens is 306 g/mol. The van der Waals surface area contributed by atoms with Gasteiger partial charge in [-0.2, -0.15) is 0 Å². The quantitative estimate of drug-likeness (QED) is 0.924. The lowest BCUT2D eigenvalue weighted by molar-refractivity contribution is -0.129. The maximum Gasteiger partial charge on any atom is 0.411 e. The number of carbonyl (C=O) groups excluding carboxylic acids is 2. The van der Waals surface area contributed by atoms with Crippen LogP contribution in [0, 0.1) is 0 Å². The second kappa shape index (κ2) is 8.10. The minimum Gasteiger partial charge on any atom is -0.453 e. The van der Waals surface area contributed by atoms with Crippen LogP contribution in [0.1, 0.15) is 18.4 Å². The maximum absolute atomic E-state index is 12.4. The first kappa shape index (κ1) is 17.5. The first-order valence-electron chi connectivity index (χ1n) is 7.61. The van der Waals surface area contributed by atoms with Gasteiger partial charge in [-0.05, 0) is 11.6 Å². The van der Waals surface area contributed by atoms with E-state index in [4.69, 9.17) is 0 Å². The zero-order valence-corrected chi connectivity index (χ0v) is 13.9. The molecule has 0 aliphatic carbocycles. The molecule has 1 aliphatic heterocycles. The average Bonchev–Trinajstić information content (AvgIpc) is 2.59. The van der Waals surface area contributed by atoms with Crippen molar-refractivity contribution in [3.05, 3.63) is 59.9 Å². The molecule has 0 radical (unpaired) electrons. The SMILES string of the molecule is C=C(C=C1C(=NC)CCC(=O)N1Cc1ccccc1)NC(=O)OC. The molecule has 1 aromatic rings. The van der Waals surface area contributed by atoms with Gasteiger partial charge in [-0.1, -0.05) is 36.9 Å². The van der Waals surface area contributed by atoms with Crippen molar-refractivity contribution < 1.29 is 14.3 Å². The van der Waals surface area contributed by atoms with E-state index < -0.39 is 6.09 Å². The number of benzene rings is 1. The van der Waals surface area contributed by atoms with Gasteiger partial charge >= 0.3 is 6.09 Å². The van der Waals surface area contributed by atoms with Gasteiger partial charge in [-0.25, -0.2) is 4.79 Å². The number of likely N-dealkylation sites (tertiary alicyclic amines) is 1. The minimum absolute atomic E-state index is 0.0170. The number of alkyl carbamates (subject to hydrolysis) is 1. The van der Waals surface area contributed by atoms with Crippen LogP contribution in [0.3, 0.4) is 0 Å². The molecule has 0 saturated carbocycles. The number of ether oxygens (including phenoxy) is 1. The van der Waals surface area contributed by atoms with Crippen molar-refractivity contribution in [2.45, 2.75) is 19.4 Å². The molecule has 6 nitrogen and oxygen atoms in total. The predicted octanol–water partition coefficient (Wildman–Crippen LogP) is 2.63. The van der Waals surface area contributed by atoms with Gasteiger partial charge in [0.2, 0.25) is 5.91 Å². The first-order valence-corrected chi connectivity index (χ1v) is 7.61. The third kappa shape index (κ3) is 4.32. The van der Waals surface area contributed by atoms with Crippen molar-refractivity contribution in [1.82, 2.24) is 10.2 Å². The van der Waals surface area contributed by atoms with Crippen LogP contribution in [0.15, 0.2) is 59.4 Å². The van der Waals surface area contributed by atoms with Crippen molar-refractivity contribution in [2.24, 2.45) is 4.99 Å². The van der Waals surface area contributed by atoms with Crippen LogP contribution in [0.5, 0.6) is 0 Å². The Morgan fingerprint density at radius 2 is 2.08 bits per heavy atom. The molecule has 0 bridgehead atoms. The molecule has 1 aromatic carbocycles. The molecule has 1 saturated heterocycles. The molecule has 1 aliphatic rings. The number of amides is 2. The fourth-order valence-electron chi connectivity index (χ4n) is 2.49. The topological polar surface area (TPSA) is 71.0 Å². The highest BCUT2D eigenvalue weighted by Gasteiger charge is 2.27. The van der Waals surface area contributed by atoms with E-state index in [1.807, 2.05) is 30.3 Å². The number of carbonyl (C=O) groups is 2. The third-order valence-corrected chi connectivity index (χ3v) is 3.68. The highest BCUT2D eigenvalue weighted by atomic mass is 16.5.